The molecular weight excluding hydrogens is 295 g/mol. The van der Waals surface area contributed by atoms with Crippen LogP contribution in [0.15, 0.2) is 18.2 Å². The molecule has 0 unspecified atom stereocenters. The van der Waals surface area contributed by atoms with Gasteiger partial charge in [0.25, 0.3) is 5.91 Å². The summed E-state index contributed by atoms with van der Waals surface area (Å²) >= 11 is 0. The summed E-state index contributed by atoms with van der Waals surface area (Å²) in [5.41, 5.74) is 0.377. The molecule has 0 saturated carbocycles. The Kier molecular flexibility index (Phi) is 6.30. The Bertz CT molecular complexity index is 576. The fraction of sp³-hybridized carbons (Fsp3) is 0.357. The van der Waals surface area contributed by atoms with Crippen molar-refractivity contribution in [1.29, 1.82) is 0 Å². The molecule has 0 aromatic heterocycles. The minimum absolute atomic E-state index is 0.0652. The molecule has 0 spiro atoms. The Labute approximate surface area is 126 Å². The number of urea groups is 1. The molecule has 0 heterocycles. The largest absolute Gasteiger partial charge is 0.494 e. The van der Waals surface area contributed by atoms with Gasteiger partial charge in [0, 0.05) is 7.05 Å². The van der Waals surface area contributed by atoms with Gasteiger partial charge in [0.05, 0.1) is 13.5 Å². The van der Waals surface area contributed by atoms with Gasteiger partial charge in [0.1, 0.15) is 0 Å². The smallest absolute Gasteiger partial charge is 0.321 e. The zero-order valence-electron chi connectivity index (χ0n) is 12.4. The van der Waals surface area contributed by atoms with Crippen LogP contribution in [0.5, 0.6) is 5.75 Å². The van der Waals surface area contributed by atoms with Gasteiger partial charge in [-0.05, 0) is 24.6 Å². The van der Waals surface area contributed by atoms with E-state index in [1.54, 1.807) is 0 Å². The van der Waals surface area contributed by atoms with Crippen molar-refractivity contribution in [1.82, 2.24) is 10.6 Å². The Morgan fingerprint density at radius 1 is 1.32 bits per heavy atom. The van der Waals surface area contributed by atoms with E-state index in [1.165, 1.54) is 33.2 Å². The molecule has 120 valence electrons. The fourth-order valence-electron chi connectivity index (χ4n) is 1.55. The number of halogens is 1. The number of benzene rings is 1. The van der Waals surface area contributed by atoms with Gasteiger partial charge in [-0.3, -0.25) is 14.9 Å². The average Bonchev–Trinajstić information content (AvgIpc) is 2.46. The van der Waals surface area contributed by atoms with Crippen LogP contribution in [0.4, 0.5) is 9.18 Å². The highest BCUT2D eigenvalue weighted by molar-refractivity contribution is 5.97. The van der Waals surface area contributed by atoms with E-state index in [0.29, 0.717) is 5.56 Å². The summed E-state index contributed by atoms with van der Waals surface area (Å²) in [5, 5.41) is 4.18. The molecule has 7 nitrogen and oxygen atoms in total. The van der Waals surface area contributed by atoms with Crippen molar-refractivity contribution in [2.75, 3.05) is 14.2 Å². The van der Waals surface area contributed by atoms with Crippen molar-refractivity contribution in [3.63, 3.8) is 0 Å². The molecule has 0 aliphatic rings. The third kappa shape index (κ3) is 5.04. The Morgan fingerprint density at radius 3 is 2.55 bits per heavy atom. The fourth-order valence-corrected chi connectivity index (χ4v) is 1.55. The molecule has 3 amide bonds. The number of esters is 1. The maximum atomic E-state index is 13.5. The highest BCUT2D eigenvalue weighted by Gasteiger charge is 2.19. The number of hydrogen-bond donors (Lipinski definition) is 2. The van der Waals surface area contributed by atoms with E-state index in [-0.39, 0.29) is 12.2 Å². The van der Waals surface area contributed by atoms with Crippen LogP contribution in [0.3, 0.4) is 0 Å². The summed E-state index contributed by atoms with van der Waals surface area (Å²) in [6.45, 7) is 1.32. The number of rotatable bonds is 5. The van der Waals surface area contributed by atoms with Crippen LogP contribution in [-0.2, 0) is 20.7 Å². The van der Waals surface area contributed by atoms with Gasteiger partial charge in [-0.15, -0.1) is 0 Å². The first kappa shape index (κ1) is 17.4. The van der Waals surface area contributed by atoms with E-state index < -0.39 is 29.8 Å². The lowest BCUT2D eigenvalue weighted by Crippen LogP contribution is -2.43. The minimum Gasteiger partial charge on any atom is -0.494 e. The molecule has 1 aromatic rings. The van der Waals surface area contributed by atoms with Crippen molar-refractivity contribution in [2.45, 2.75) is 19.4 Å². The SMILES string of the molecule is CNC(=O)NC(=O)[C@H](C)OC(=O)Cc1ccc(OC)c(F)c1. The van der Waals surface area contributed by atoms with E-state index in [4.69, 9.17) is 9.47 Å². The van der Waals surface area contributed by atoms with Gasteiger partial charge in [0.2, 0.25) is 0 Å². The zero-order chi connectivity index (χ0) is 16.7. The van der Waals surface area contributed by atoms with E-state index >= 15 is 0 Å². The summed E-state index contributed by atoms with van der Waals surface area (Å²) in [4.78, 5) is 34.2. The molecule has 2 N–H and O–H groups in total. The molecule has 8 heteroatoms. The molecule has 22 heavy (non-hydrogen) atoms. The van der Waals surface area contributed by atoms with Crippen LogP contribution in [0.2, 0.25) is 0 Å². The second-order valence-electron chi connectivity index (χ2n) is 4.35. The molecule has 0 aliphatic heterocycles. The van der Waals surface area contributed by atoms with Gasteiger partial charge >= 0.3 is 12.0 Å². The number of methoxy groups -OCH3 is 1. The lowest BCUT2D eigenvalue weighted by molar-refractivity contribution is -0.153. The number of ether oxygens (including phenoxy) is 2. The lowest BCUT2D eigenvalue weighted by atomic mass is 10.1. The van der Waals surface area contributed by atoms with E-state index in [1.807, 2.05) is 5.32 Å². The summed E-state index contributed by atoms with van der Waals surface area (Å²) in [5.74, 6) is -2.01. The summed E-state index contributed by atoms with van der Waals surface area (Å²) < 4.78 is 23.1. The summed E-state index contributed by atoms with van der Waals surface area (Å²) in [7, 11) is 2.68. The predicted octanol–water partition coefficient (Wildman–Crippen LogP) is 0.764. The summed E-state index contributed by atoms with van der Waals surface area (Å²) in [6, 6.07) is 3.35. The number of carbonyl (C=O) groups is 3. The number of amides is 3. The van der Waals surface area contributed by atoms with Crippen molar-refractivity contribution < 1.29 is 28.2 Å². The van der Waals surface area contributed by atoms with Crippen LogP contribution < -0.4 is 15.4 Å². The molecule has 0 fully saturated rings. The molecule has 1 atom stereocenters. The maximum absolute atomic E-state index is 13.5. The number of hydrogen-bond acceptors (Lipinski definition) is 5. The van der Waals surface area contributed by atoms with Crippen molar-refractivity contribution in [3.8, 4) is 5.75 Å². The molecule has 0 radical (unpaired) electrons. The second kappa shape index (κ2) is 7.96. The second-order valence-corrected chi connectivity index (χ2v) is 4.35. The number of imide groups is 1. The first-order valence-electron chi connectivity index (χ1n) is 6.41. The first-order chi connectivity index (χ1) is 10.4. The van der Waals surface area contributed by atoms with Crippen LogP contribution in [0.25, 0.3) is 0 Å². The lowest BCUT2D eigenvalue weighted by Gasteiger charge is -2.13. The normalized spacial score (nSPS) is 11.3. The topological polar surface area (TPSA) is 93.7 Å². The van der Waals surface area contributed by atoms with Gasteiger partial charge in [-0.25, -0.2) is 9.18 Å². The van der Waals surface area contributed by atoms with E-state index in [0.717, 1.165) is 6.07 Å². The molecule has 0 bridgehead atoms. The Hall–Kier alpha value is -2.64. The van der Waals surface area contributed by atoms with Crippen LogP contribution in [0.1, 0.15) is 12.5 Å². The minimum atomic E-state index is -1.15. The van der Waals surface area contributed by atoms with Gasteiger partial charge in [0.15, 0.2) is 17.7 Å². The van der Waals surface area contributed by atoms with Crippen molar-refractivity contribution >= 4 is 17.9 Å². The quantitative estimate of drug-likeness (QED) is 0.783. The third-order valence-electron chi connectivity index (χ3n) is 2.71. The van der Waals surface area contributed by atoms with Crippen LogP contribution in [-0.4, -0.2) is 38.2 Å². The molecule has 0 saturated heterocycles. The molecular formula is C14H17FN2O5. The highest BCUT2D eigenvalue weighted by atomic mass is 19.1. The summed E-state index contributed by atoms with van der Waals surface area (Å²) in [6.07, 6.45) is -1.36. The Balaban J connectivity index is 2.57. The highest BCUT2D eigenvalue weighted by Crippen LogP contribution is 2.18. The van der Waals surface area contributed by atoms with Crippen molar-refractivity contribution in [3.05, 3.63) is 29.6 Å². The predicted molar refractivity (Wildman–Crippen MR) is 74.8 cm³/mol. The monoisotopic (exact) mass is 312 g/mol. The zero-order valence-corrected chi connectivity index (χ0v) is 12.4. The molecule has 1 aromatic carbocycles. The number of carbonyl (C=O) groups excluding carboxylic acids is 3. The first-order valence-corrected chi connectivity index (χ1v) is 6.41. The van der Waals surface area contributed by atoms with Gasteiger partial charge in [-0.1, -0.05) is 6.07 Å². The van der Waals surface area contributed by atoms with Gasteiger partial charge < -0.3 is 14.8 Å². The van der Waals surface area contributed by atoms with E-state index in [9.17, 15) is 18.8 Å². The molecule has 1 rings (SSSR count). The maximum Gasteiger partial charge on any atom is 0.321 e. The molecule has 0 aliphatic carbocycles. The number of nitrogens with one attached hydrogen (secondary N) is 2. The van der Waals surface area contributed by atoms with Crippen LogP contribution in [0, 0.1) is 5.82 Å². The Morgan fingerprint density at radius 2 is 2.00 bits per heavy atom. The third-order valence-corrected chi connectivity index (χ3v) is 2.71. The average molecular weight is 312 g/mol. The van der Waals surface area contributed by atoms with Crippen LogP contribution >= 0.6 is 0 Å². The standard InChI is InChI=1S/C14H17FN2O5/c1-8(13(19)17-14(20)16-2)22-12(18)7-9-4-5-11(21-3)10(15)6-9/h4-6,8H,7H2,1-3H3,(H2,16,17,19,20)/t8-/m0/s1. The van der Waals surface area contributed by atoms with Gasteiger partial charge in [-0.2, -0.15) is 0 Å². The van der Waals surface area contributed by atoms with E-state index in [2.05, 4.69) is 5.32 Å². The van der Waals surface area contributed by atoms with Crippen molar-refractivity contribution in [2.24, 2.45) is 0 Å².